The van der Waals surface area contributed by atoms with Gasteiger partial charge in [-0.05, 0) is 20.0 Å². The number of hydrogen-bond donors (Lipinski definition) is 2. The SMILES string of the molecule is Cc1cc(/C(N)=N/O)nc(N2CCN(C)CC2)n1. The molecule has 0 aromatic carbocycles. The van der Waals surface area contributed by atoms with Crippen LogP contribution in [0.15, 0.2) is 11.2 Å². The average molecular weight is 250 g/mol. The van der Waals surface area contributed by atoms with Crippen molar-refractivity contribution in [1.29, 1.82) is 0 Å². The number of nitrogens with zero attached hydrogens (tertiary/aromatic N) is 5. The molecule has 1 aromatic heterocycles. The Morgan fingerprint density at radius 1 is 1.33 bits per heavy atom. The zero-order valence-electron chi connectivity index (χ0n) is 10.7. The number of rotatable bonds is 2. The number of oxime groups is 1. The lowest BCUT2D eigenvalue weighted by atomic mass is 10.3. The fraction of sp³-hybridized carbons (Fsp3) is 0.545. The van der Waals surface area contributed by atoms with Crippen molar-refractivity contribution in [1.82, 2.24) is 14.9 Å². The van der Waals surface area contributed by atoms with E-state index in [4.69, 9.17) is 10.9 Å². The molecule has 0 saturated carbocycles. The maximum atomic E-state index is 8.70. The van der Waals surface area contributed by atoms with Gasteiger partial charge in [0.15, 0.2) is 5.84 Å². The fourth-order valence-electron chi connectivity index (χ4n) is 1.88. The van der Waals surface area contributed by atoms with Gasteiger partial charge in [-0.2, -0.15) is 0 Å². The van der Waals surface area contributed by atoms with Gasteiger partial charge in [-0.15, -0.1) is 0 Å². The van der Waals surface area contributed by atoms with E-state index in [1.165, 1.54) is 0 Å². The zero-order chi connectivity index (χ0) is 13.1. The quantitative estimate of drug-likeness (QED) is 0.322. The summed E-state index contributed by atoms with van der Waals surface area (Å²) in [7, 11) is 2.09. The average Bonchev–Trinajstić information content (AvgIpc) is 2.38. The van der Waals surface area contributed by atoms with Crippen LogP contribution < -0.4 is 10.6 Å². The van der Waals surface area contributed by atoms with Crippen molar-refractivity contribution in [2.45, 2.75) is 6.92 Å². The van der Waals surface area contributed by atoms with Gasteiger partial charge in [0.1, 0.15) is 5.69 Å². The molecule has 2 heterocycles. The minimum absolute atomic E-state index is 0.0101. The highest BCUT2D eigenvalue weighted by Gasteiger charge is 2.17. The molecule has 2 rings (SSSR count). The predicted octanol–water partition coefficient (Wildman–Crippen LogP) is -0.369. The molecule has 7 nitrogen and oxygen atoms in total. The van der Waals surface area contributed by atoms with Crippen molar-refractivity contribution in [2.75, 3.05) is 38.1 Å². The number of hydrogen-bond acceptors (Lipinski definition) is 6. The third-order valence-corrected chi connectivity index (χ3v) is 3.00. The Morgan fingerprint density at radius 3 is 2.61 bits per heavy atom. The summed E-state index contributed by atoms with van der Waals surface area (Å²) in [5, 5.41) is 11.7. The number of amidine groups is 1. The van der Waals surface area contributed by atoms with Gasteiger partial charge in [-0.1, -0.05) is 5.16 Å². The van der Waals surface area contributed by atoms with Gasteiger partial charge in [-0.25, -0.2) is 9.97 Å². The maximum absolute atomic E-state index is 8.70. The first-order chi connectivity index (χ1) is 8.60. The summed E-state index contributed by atoms with van der Waals surface area (Å²) in [6.07, 6.45) is 0. The topological polar surface area (TPSA) is 90.9 Å². The van der Waals surface area contributed by atoms with E-state index < -0.39 is 0 Å². The molecule has 7 heteroatoms. The van der Waals surface area contributed by atoms with Crippen molar-refractivity contribution in [3.63, 3.8) is 0 Å². The number of aryl methyl sites for hydroxylation is 1. The normalized spacial score (nSPS) is 18.1. The van der Waals surface area contributed by atoms with E-state index in [1.54, 1.807) is 6.07 Å². The van der Waals surface area contributed by atoms with E-state index in [0.29, 0.717) is 11.6 Å². The largest absolute Gasteiger partial charge is 0.409 e. The van der Waals surface area contributed by atoms with Gasteiger partial charge in [0.05, 0.1) is 0 Å². The summed E-state index contributed by atoms with van der Waals surface area (Å²) >= 11 is 0. The Morgan fingerprint density at radius 2 is 2.00 bits per heavy atom. The van der Waals surface area contributed by atoms with E-state index in [2.05, 4.69) is 32.0 Å². The number of piperazine rings is 1. The Labute approximate surface area is 106 Å². The first kappa shape index (κ1) is 12.6. The van der Waals surface area contributed by atoms with Crippen LogP contribution in [-0.4, -0.2) is 59.1 Å². The van der Waals surface area contributed by atoms with Crippen molar-refractivity contribution >= 4 is 11.8 Å². The minimum atomic E-state index is 0.0101. The van der Waals surface area contributed by atoms with E-state index in [-0.39, 0.29) is 5.84 Å². The number of nitrogens with two attached hydrogens (primary N) is 1. The van der Waals surface area contributed by atoms with Gasteiger partial charge in [0, 0.05) is 31.9 Å². The third-order valence-electron chi connectivity index (χ3n) is 3.00. The van der Waals surface area contributed by atoms with Gasteiger partial charge < -0.3 is 20.7 Å². The Bertz CT molecular complexity index is 453. The van der Waals surface area contributed by atoms with E-state index in [0.717, 1.165) is 31.9 Å². The summed E-state index contributed by atoms with van der Waals surface area (Å²) in [4.78, 5) is 13.1. The van der Waals surface area contributed by atoms with Crippen LogP contribution in [0.1, 0.15) is 11.4 Å². The minimum Gasteiger partial charge on any atom is -0.409 e. The summed E-state index contributed by atoms with van der Waals surface area (Å²) in [5.74, 6) is 0.653. The van der Waals surface area contributed by atoms with Gasteiger partial charge in [0.2, 0.25) is 5.95 Å². The van der Waals surface area contributed by atoms with Crippen LogP contribution in [0.4, 0.5) is 5.95 Å². The summed E-state index contributed by atoms with van der Waals surface area (Å²) < 4.78 is 0. The monoisotopic (exact) mass is 250 g/mol. The van der Waals surface area contributed by atoms with Crippen LogP contribution in [0.5, 0.6) is 0 Å². The molecule has 0 aliphatic carbocycles. The second-order valence-corrected chi connectivity index (χ2v) is 4.47. The highest BCUT2D eigenvalue weighted by molar-refractivity contribution is 5.95. The van der Waals surface area contributed by atoms with Crippen LogP contribution in [0.2, 0.25) is 0 Å². The molecule has 1 saturated heterocycles. The van der Waals surface area contributed by atoms with Crippen LogP contribution in [-0.2, 0) is 0 Å². The molecule has 0 amide bonds. The standard InChI is InChI=1S/C11H18N6O/c1-8-7-9(10(12)15-18)14-11(13-8)17-5-3-16(2)4-6-17/h7,18H,3-6H2,1-2H3,(H2,12,15). The number of anilines is 1. The molecule has 1 aliphatic rings. The van der Waals surface area contributed by atoms with Crippen molar-refractivity contribution in [3.05, 3.63) is 17.5 Å². The summed E-state index contributed by atoms with van der Waals surface area (Å²) in [6, 6.07) is 1.70. The molecule has 0 bridgehead atoms. The maximum Gasteiger partial charge on any atom is 0.226 e. The molecule has 0 radical (unpaired) electrons. The van der Waals surface area contributed by atoms with Gasteiger partial charge >= 0.3 is 0 Å². The molecular formula is C11H18N6O. The molecule has 0 atom stereocenters. The smallest absolute Gasteiger partial charge is 0.226 e. The van der Waals surface area contributed by atoms with Crippen LogP contribution >= 0.6 is 0 Å². The van der Waals surface area contributed by atoms with Crippen LogP contribution in [0, 0.1) is 6.92 Å². The molecule has 1 aliphatic heterocycles. The molecule has 3 N–H and O–H groups in total. The lowest BCUT2D eigenvalue weighted by Crippen LogP contribution is -2.45. The van der Waals surface area contributed by atoms with Crippen molar-refractivity contribution in [2.24, 2.45) is 10.9 Å². The highest BCUT2D eigenvalue weighted by atomic mass is 16.4. The Balaban J connectivity index is 2.25. The molecule has 1 fully saturated rings. The fourth-order valence-corrected chi connectivity index (χ4v) is 1.88. The zero-order valence-corrected chi connectivity index (χ0v) is 10.7. The Hall–Kier alpha value is -1.89. The second-order valence-electron chi connectivity index (χ2n) is 4.47. The van der Waals surface area contributed by atoms with E-state index in [1.807, 2.05) is 6.92 Å². The molecule has 0 spiro atoms. The van der Waals surface area contributed by atoms with Crippen LogP contribution in [0.3, 0.4) is 0 Å². The highest BCUT2D eigenvalue weighted by Crippen LogP contribution is 2.12. The van der Waals surface area contributed by atoms with Crippen molar-refractivity contribution < 1.29 is 5.21 Å². The first-order valence-corrected chi connectivity index (χ1v) is 5.87. The molecular weight excluding hydrogens is 232 g/mol. The molecule has 98 valence electrons. The number of likely N-dealkylation sites (N-methyl/N-ethyl adjacent to an activating group) is 1. The van der Waals surface area contributed by atoms with Gasteiger partial charge in [-0.3, -0.25) is 0 Å². The van der Waals surface area contributed by atoms with Crippen molar-refractivity contribution in [3.8, 4) is 0 Å². The lowest BCUT2D eigenvalue weighted by Gasteiger charge is -2.32. The number of aromatic nitrogens is 2. The first-order valence-electron chi connectivity index (χ1n) is 5.87. The van der Waals surface area contributed by atoms with E-state index in [9.17, 15) is 0 Å². The predicted molar refractivity (Wildman–Crippen MR) is 69.0 cm³/mol. The van der Waals surface area contributed by atoms with Crippen LogP contribution in [0.25, 0.3) is 0 Å². The molecule has 1 aromatic rings. The Kier molecular flexibility index (Phi) is 3.61. The van der Waals surface area contributed by atoms with E-state index >= 15 is 0 Å². The summed E-state index contributed by atoms with van der Waals surface area (Å²) in [5.41, 5.74) is 6.83. The molecule has 18 heavy (non-hydrogen) atoms. The van der Waals surface area contributed by atoms with Gasteiger partial charge in [0.25, 0.3) is 0 Å². The third kappa shape index (κ3) is 2.67. The summed E-state index contributed by atoms with van der Waals surface area (Å²) in [6.45, 7) is 5.60. The molecule has 0 unspecified atom stereocenters. The lowest BCUT2D eigenvalue weighted by molar-refractivity contribution is 0.311. The second kappa shape index (κ2) is 5.18.